The van der Waals surface area contributed by atoms with Gasteiger partial charge in [-0.25, -0.2) is 24.4 Å². The fourth-order valence-electron chi connectivity index (χ4n) is 6.20. The maximum atomic E-state index is 14.1. The van der Waals surface area contributed by atoms with Crippen LogP contribution in [0.2, 0.25) is 0 Å². The van der Waals surface area contributed by atoms with E-state index in [1.54, 1.807) is 76.2 Å². The van der Waals surface area contributed by atoms with E-state index in [4.69, 9.17) is 38.4 Å². The molecule has 3 aromatic carbocycles. The van der Waals surface area contributed by atoms with E-state index in [-0.39, 0.29) is 24.5 Å². The minimum absolute atomic E-state index is 0.0638. The smallest absolute Gasteiger partial charge is 0.489 e. The van der Waals surface area contributed by atoms with Gasteiger partial charge in [-0.2, -0.15) is 4.90 Å². The molecule has 0 saturated carbocycles. The SMILES string of the molecule is CCOCc1nc2c(N(C(=O)OC(C)(C)C)C(=O)OC(C)(C)C)nc3cc(Cc4cccc(OCc5ccccc5)c4)ccc3c2n1CC(C)(C)OC(=O)OC(C)(C)C. The molecule has 2 aromatic heterocycles. The van der Waals surface area contributed by atoms with E-state index in [0.29, 0.717) is 41.9 Å². The van der Waals surface area contributed by atoms with Gasteiger partial charge in [-0.15, -0.1) is 0 Å². The summed E-state index contributed by atoms with van der Waals surface area (Å²) >= 11 is 0. The Bertz CT molecular complexity index is 2250. The van der Waals surface area contributed by atoms with Crippen molar-refractivity contribution in [3.05, 3.63) is 95.3 Å². The molecule has 0 aliphatic rings. The summed E-state index contributed by atoms with van der Waals surface area (Å²) in [5.74, 6) is 1.09. The second-order valence-corrected chi connectivity index (χ2v) is 18.0. The van der Waals surface area contributed by atoms with E-state index in [2.05, 4.69) is 0 Å². The van der Waals surface area contributed by atoms with Crippen LogP contribution in [0.4, 0.5) is 20.2 Å². The monoisotopic (exact) mass is 810 g/mol. The molecular weight excluding hydrogens is 753 g/mol. The molecule has 0 unspecified atom stereocenters. The van der Waals surface area contributed by atoms with Gasteiger partial charge in [0.1, 0.15) is 52.7 Å². The molecule has 0 bridgehead atoms. The number of imidazole rings is 1. The number of carbonyl (C=O) groups excluding carboxylic acids is 3. The first-order chi connectivity index (χ1) is 27.5. The summed E-state index contributed by atoms with van der Waals surface area (Å²) in [7, 11) is 0. The minimum Gasteiger partial charge on any atom is -0.489 e. The van der Waals surface area contributed by atoms with Crippen molar-refractivity contribution >= 4 is 46.1 Å². The van der Waals surface area contributed by atoms with Gasteiger partial charge in [0.2, 0.25) is 0 Å². The maximum absolute atomic E-state index is 14.1. The van der Waals surface area contributed by atoms with Crippen LogP contribution in [0.5, 0.6) is 5.75 Å². The number of anilines is 1. The Labute approximate surface area is 346 Å². The Balaban J connectivity index is 1.69. The van der Waals surface area contributed by atoms with E-state index in [9.17, 15) is 14.4 Å². The van der Waals surface area contributed by atoms with Crippen molar-refractivity contribution < 1.29 is 42.8 Å². The van der Waals surface area contributed by atoms with Crippen LogP contribution in [0.1, 0.15) is 106 Å². The molecule has 13 nitrogen and oxygen atoms in total. The maximum Gasteiger partial charge on any atom is 0.509 e. The Morgan fingerprint density at radius 3 is 1.88 bits per heavy atom. The lowest BCUT2D eigenvalue weighted by Gasteiger charge is -2.29. The van der Waals surface area contributed by atoms with Gasteiger partial charge >= 0.3 is 18.3 Å². The molecule has 316 valence electrons. The predicted molar refractivity (Wildman–Crippen MR) is 227 cm³/mol. The third-order valence-electron chi connectivity index (χ3n) is 8.44. The Kier molecular flexibility index (Phi) is 13.3. The zero-order valence-electron chi connectivity index (χ0n) is 36.4. The molecule has 0 saturated heterocycles. The summed E-state index contributed by atoms with van der Waals surface area (Å²) in [4.78, 5) is 51.9. The number of hydrogen-bond donors (Lipinski definition) is 0. The van der Waals surface area contributed by atoms with Gasteiger partial charge in [0.05, 0.1) is 17.6 Å². The number of hydrogen-bond acceptors (Lipinski definition) is 11. The number of aromatic nitrogens is 3. The summed E-state index contributed by atoms with van der Waals surface area (Å²) in [5, 5.41) is 0.670. The number of pyridine rings is 1. The molecular formula is C46H58N4O9. The van der Waals surface area contributed by atoms with Crippen LogP contribution in [0.25, 0.3) is 21.9 Å². The van der Waals surface area contributed by atoms with Gasteiger partial charge in [-0.05, 0) is 124 Å². The van der Waals surface area contributed by atoms with Gasteiger partial charge in [0.15, 0.2) is 5.82 Å². The molecule has 59 heavy (non-hydrogen) atoms. The minimum atomic E-state index is -1.13. The van der Waals surface area contributed by atoms with Gasteiger partial charge < -0.3 is 33.0 Å². The molecule has 0 aliphatic heterocycles. The number of benzene rings is 3. The Hall–Kier alpha value is -5.69. The van der Waals surface area contributed by atoms with Crippen LogP contribution in [-0.4, -0.2) is 61.9 Å². The highest BCUT2D eigenvalue weighted by molar-refractivity contribution is 6.17. The summed E-state index contributed by atoms with van der Waals surface area (Å²) in [6.45, 7) is 21.9. The van der Waals surface area contributed by atoms with Gasteiger partial charge in [-0.1, -0.05) is 54.6 Å². The molecule has 0 spiro atoms. The molecule has 13 heteroatoms. The molecule has 2 amide bonds. The van der Waals surface area contributed by atoms with E-state index >= 15 is 0 Å². The standard InChI is InChI=1S/C46H58N4O9/c1-13-54-28-36-48-37-38(49(36)29-46(11,12)59-42(53)58-45(8,9)10)34-23-22-32(24-31-20-17-21-33(25-31)55-27-30-18-15-14-16-19-30)26-35(34)47-39(37)50(40(51)56-43(2,3)4)41(52)57-44(5,6)7/h14-23,25-26H,13,24,27-29H2,1-12H3. The second kappa shape index (κ2) is 17.7. The van der Waals surface area contributed by atoms with Crippen molar-refractivity contribution in [1.82, 2.24) is 14.5 Å². The van der Waals surface area contributed by atoms with Crippen LogP contribution in [0.3, 0.4) is 0 Å². The normalized spacial score (nSPS) is 12.3. The zero-order chi connectivity index (χ0) is 43.3. The largest absolute Gasteiger partial charge is 0.509 e. The fraction of sp³-hybridized carbons (Fsp3) is 0.457. The highest BCUT2D eigenvalue weighted by Gasteiger charge is 2.37. The summed E-state index contributed by atoms with van der Waals surface area (Å²) in [6.07, 6.45) is -2.28. The van der Waals surface area contributed by atoms with Crippen molar-refractivity contribution in [2.24, 2.45) is 0 Å². The molecule has 0 N–H and O–H groups in total. The third-order valence-corrected chi connectivity index (χ3v) is 8.44. The topological polar surface area (TPSA) is 141 Å². The van der Waals surface area contributed by atoms with E-state index in [0.717, 1.165) is 27.3 Å². The van der Waals surface area contributed by atoms with Crippen molar-refractivity contribution in [3.8, 4) is 5.75 Å². The van der Waals surface area contributed by atoms with Crippen molar-refractivity contribution in [2.75, 3.05) is 11.5 Å². The average molecular weight is 811 g/mol. The third kappa shape index (κ3) is 12.4. The van der Waals surface area contributed by atoms with Crippen LogP contribution in [0.15, 0.2) is 72.8 Å². The van der Waals surface area contributed by atoms with Crippen LogP contribution in [0, 0.1) is 0 Å². The number of fused-ring (bicyclic) bond motifs is 3. The molecule has 5 rings (SSSR count). The van der Waals surface area contributed by atoms with E-state index < -0.39 is 40.7 Å². The lowest BCUT2D eigenvalue weighted by atomic mass is 10.0. The van der Waals surface area contributed by atoms with Gasteiger partial charge in [-0.3, -0.25) is 0 Å². The number of imide groups is 1. The van der Waals surface area contributed by atoms with Crippen molar-refractivity contribution in [1.29, 1.82) is 0 Å². The Morgan fingerprint density at radius 2 is 1.27 bits per heavy atom. The first kappa shape index (κ1) is 44.4. The average Bonchev–Trinajstić information content (AvgIpc) is 3.45. The lowest BCUT2D eigenvalue weighted by Crippen LogP contribution is -2.44. The lowest BCUT2D eigenvalue weighted by molar-refractivity contribution is -0.0584. The number of carbonyl (C=O) groups is 3. The molecule has 0 radical (unpaired) electrons. The van der Waals surface area contributed by atoms with Crippen LogP contribution in [-0.2, 0) is 49.9 Å². The number of amides is 2. The van der Waals surface area contributed by atoms with E-state index in [1.807, 2.05) is 84.3 Å². The van der Waals surface area contributed by atoms with Gasteiger partial charge in [0.25, 0.3) is 0 Å². The molecule has 0 atom stereocenters. The quantitative estimate of drug-likeness (QED) is 0.0878. The Morgan fingerprint density at radius 1 is 0.661 bits per heavy atom. The highest BCUT2D eigenvalue weighted by atomic mass is 16.7. The van der Waals surface area contributed by atoms with Crippen molar-refractivity contribution in [3.63, 3.8) is 0 Å². The molecule has 0 aliphatic carbocycles. The second-order valence-electron chi connectivity index (χ2n) is 18.0. The fourth-order valence-corrected chi connectivity index (χ4v) is 6.20. The zero-order valence-corrected chi connectivity index (χ0v) is 36.4. The highest BCUT2D eigenvalue weighted by Crippen LogP contribution is 2.36. The summed E-state index contributed by atoms with van der Waals surface area (Å²) in [6, 6.07) is 23.7. The number of rotatable bonds is 12. The van der Waals surface area contributed by atoms with Gasteiger partial charge in [0, 0.05) is 12.0 Å². The number of nitrogens with zero attached hydrogens (tertiary/aromatic N) is 4. The molecule has 0 fully saturated rings. The first-order valence-corrected chi connectivity index (χ1v) is 19.8. The van der Waals surface area contributed by atoms with Crippen molar-refractivity contribution in [2.45, 2.75) is 132 Å². The molecule has 5 aromatic rings. The summed E-state index contributed by atoms with van der Waals surface area (Å²) < 4.78 is 36.8. The molecule has 2 heterocycles. The summed E-state index contributed by atoms with van der Waals surface area (Å²) in [5.41, 5.74) is 0.349. The van der Waals surface area contributed by atoms with Crippen LogP contribution < -0.4 is 9.64 Å². The number of ether oxygens (including phenoxy) is 6. The van der Waals surface area contributed by atoms with E-state index in [1.165, 1.54) is 0 Å². The first-order valence-electron chi connectivity index (χ1n) is 19.8. The predicted octanol–water partition coefficient (Wildman–Crippen LogP) is 10.7. The van der Waals surface area contributed by atoms with Crippen LogP contribution >= 0.6 is 0 Å².